The summed E-state index contributed by atoms with van der Waals surface area (Å²) in [5.74, 6) is -0.857. The van der Waals surface area contributed by atoms with Crippen molar-refractivity contribution < 1.29 is 18.7 Å². The predicted molar refractivity (Wildman–Crippen MR) is 86.0 cm³/mol. The average molecular weight is 401 g/mol. The van der Waals surface area contributed by atoms with E-state index >= 15 is 0 Å². The number of ether oxygens (including phenoxy) is 2. The molecule has 0 saturated carbocycles. The average Bonchev–Trinajstić information content (AvgIpc) is 2.44. The highest BCUT2D eigenvalue weighted by molar-refractivity contribution is 14.1. The third kappa shape index (κ3) is 3.84. The number of carbonyl (C=O) groups excluding carboxylic acids is 1. The number of nitrogens with two attached hydrogens (primary N) is 1. The molecule has 0 atom stereocenters. The number of rotatable bonds is 4. The zero-order valence-electron chi connectivity index (χ0n) is 11.2. The molecular formula is C15H13FINO3. The van der Waals surface area contributed by atoms with Crippen LogP contribution in [0.3, 0.4) is 0 Å². The normalized spacial score (nSPS) is 10.2. The zero-order valence-corrected chi connectivity index (χ0v) is 13.4. The summed E-state index contributed by atoms with van der Waals surface area (Å²) < 4.78 is 25.2. The van der Waals surface area contributed by atoms with Crippen molar-refractivity contribution in [3.05, 3.63) is 51.3 Å². The highest BCUT2D eigenvalue weighted by atomic mass is 127. The lowest BCUT2D eigenvalue weighted by Crippen LogP contribution is -2.09. The summed E-state index contributed by atoms with van der Waals surface area (Å²) in [4.78, 5) is 11.7. The van der Waals surface area contributed by atoms with E-state index in [-0.39, 0.29) is 23.6 Å². The molecule has 110 valence electrons. The third-order valence-corrected chi connectivity index (χ3v) is 3.36. The molecule has 0 spiro atoms. The molecule has 21 heavy (non-hydrogen) atoms. The van der Waals surface area contributed by atoms with Gasteiger partial charge < -0.3 is 15.2 Å². The van der Waals surface area contributed by atoms with Gasteiger partial charge >= 0.3 is 5.97 Å². The Hall–Kier alpha value is -1.83. The molecule has 0 aliphatic heterocycles. The van der Waals surface area contributed by atoms with E-state index in [0.717, 1.165) is 9.64 Å². The molecule has 0 heterocycles. The molecule has 4 nitrogen and oxygen atoms in total. The second-order valence-corrected chi connectivity index (χ2v) is 5.39. The zero-order chi connectivity index (χ0) is 15.4. The molecular weight excluding hydrogens is 388 g/mol. The van der Waals surface area contributed by atoms with Crippen LogP contribution in [0.4, 0.5) is 10.1 Å². The number of esters is 1. The number of hydrogen-bond donors (Lipinski definition) is 1. The van der Waals surface area contributed by atoms with E-state index in [1.54, 1.807) is 19.1 Å². The van der Waals surface area contributed by atoms with Crippen LogP contribution in [0.15, 0.2) is 36.4 Å². The maximum absolute atomic E-state index is 13.9. The fourth-order valence-electron chi connectivity index (χ4n) is 1.66. The quantitative estimate of drug-likeness (QED) is 0.478. The molecule has 0 aromatic heterocycles. The van der Waals surface area contributed by atoms with Gasteiger partial charge in [0, 0.05) is 21.4 Å². The van der Waals surface area contributed by atoms with E-state index < -0.39 is 11.8 Å². The van der Waals surface area contributed by atoms with Crippen molar-refractivity contribution in [3.8, 4) is 11.5 Å². The lowest BCUT2D eigenvalue weighted by molar-refractivity contribution is 0.0527. The van der Waals surface area contributed by atoms with Gasteiger partial charge in [-0.2, -0.15) is 0 Å². The minimum atomic E-state index is -0.640. The standard InChI is InChI=1S/C15H13FINO3/c1-2-20-15(19)11-7-14(12(16)8-13(11)18)21-10-5-3-9(17)4-6-10/h3-8H,2,18H2,1H3. The summed E-state index contributed by atoms with van der Waals surface area (Å²) in [6.07, 6.45) is 0. The fraction of sp³-hybridized carbons (Fsp3) is 0.133. The summed E-state index contributed by atoms with van der Waals surface area (Å²) in [5.41, 5.74) is 5.73. The number of benzene rings is 2. The largest absolute Gasteiger partial charge is 0.462 e. The first-order valence-electron chi connectivity index (χ1n) is 6.20. The van der Waals surface area contributed by atoms with Gasteiger partial charge in [-0.05, 0) is 53.8 Å². The van der Waals surface area contributed by atoms with E-state index in [2.05, 4.69) is 22.6 Å². The summed E-state index contributed by atoms with van der Waals surface area (Å²) in [5, 5.41) is 0. The molecule has 0 saturated heterocycles. The van der Waals surface area contributed by atoms with Crippen LogP contribution in [0.5, 0.6) is 11.5 Å². The Morgan fingerprint density at radius 1 is 1.29 bits per heavy atom. The number of carbonyl (C=O) groups is 1. The van der Waals surface area contributed by atoms with Crippen LogP contribution in [0, 0.1) is 9.39 Å². The topological polar surface area (TPSA) is 61.5 Å². The lowest BCUT2D eigenvalue weighted by atomic mass is 10.1. The molecule has 0 radical (unpaired) electrons. The van der Waals surface area contributed by atoms with Gasteiger partial charge in [0.2, 0.25) is 0 Å². The Bertz CT molecular complexity index is 659. The molecule has 2 aromatic carbocycles. The maximum Gasteiger partial charge on any atom is 0.340 e. The molecule has 2 N–H and O–H groups in total. The minimum absolute atomic E-state index is 0.0147. The van der Waals surface area contributed by atoms with E-state index in [1.165, 1.54) is 6.07 Å². The molecule has 2 aromatic rings. The second-order valence-electron chi connectivity index (χ2n) is 4.15. The van der Waals surface area contributed by atoms with Crippen molar-refractivity contribution in [3.63, 3.8) is 0 Å². The lowest BCUT2D eigenvalue weighted by Gasteiger charge is -2.11. The van der Waals surface area contributed by atoms with Gasteiger partial charge in [0.05, 0.1) is 12.2 Å². The Morgan fingerprint density at radius 3 is 2.57 bits per heavy atom. The summed E-state index contributed by atoms with van der Waals surface area (Å²) in [6, 6.07) is 9.38. The molecule has 0 amide bonds. The number of nitrogen functional groups attached to an aromatic ring is 1. The molecule has 0 fully saturated rings. The van der Waals surface area contributed by atoms with Crippen molar-refractivity contribution in [1.29, 1.82) is 0 Å². The van der Waals surface area contributed by atoms with Crippen LogP contribution in [-0.4, -0.2) is 12.6 Å². The van der Waals surface area contributed by atoms with Gasteiger partial charge in [0.1, 0.15) is 5.75 Å². The van der Waals surface area contributed by atoms with Crippen molar-refractivity contribution in [2.75, 3.05) is 12.3 Å². The first-order chi connectivity index (χ1) is 10.0. The minimum Gasteiger partial charge on any atom is -0.462 e. The van der Waals surface area contributed by atoms with Gasteiger partial charge in [-0.15, -0.1) is 0 Å². The maximum atomic E-state index is 13.9. The highest BCUT2D eigenvalue weighted by Crippen LogP contribution is 2.29. The Labute approximate surface area is 135 Å². The first kappa shape index (κ1) is 15.6. The first-order valence-corrected chi connectivity index (χ1v) is 7.28. The third-order valence-electron chi connectivity index (χ3n) is 2.64. The van der Waals surface area contributed by atoms with Gasteiger partial charge in [-0.1, -0.05) is 0 Å². The van der Waals surface area contributed by atoms with E-state index in [9.17, 15) is 9.18 Å². The summed E-state index contributed by atoms with van der Waals surface area (Å²) >= 11 is 2.15. The van der Waals surface area contributed by atoms with Gasteiger partial charge in [0.15, 0.2) is 11.6 Å². The van der Waals surface area contributed by atoms with Gasteiger partial charge in [0.25, 0.3) is 0 Å². The number of anilines is 1. The molecule has 2 rings (SSSR count). The molecule has 0 aliphatic carbocycles. The summed E-state index contributed by atoms with van der Waals surface area (Å²) in [7, 11) is 0. The van der Waals surface area contributed by atoms with Crippen molar-refractivity contribution in [1.82, 2.24) is 0 Å². The molecule has 0 unspecified atom stereocenters. The monoisotopic (exact) mass is 401 g/mol. The van der Waals surface area contributed by atoms with E-state index in [4.69, 9.17) is 15.2 Å². The van der Waals surface area contributed by atoms with Crippen molar-refractivity contribution in [2.45, 2.75) is 6.92 Å². The van der Waals surface area contributed by atoms with Crippen molar-refractivity contribution in [2.24, 2.45) is 0 Å². The van der Waals surface area contributed by atoms with Gasteiger partial charge in [-0.25, -0.2) is 9.18 Å². The predicted octanol–water partition coefficient (Wildman–Crippen LogP) is 3.98. The molecule has 6 heteroatoms. The Morgan fingerprint density at radius 2 is 1.95 bits per heavy atom. The Balaban J connectivity index is 2.32. The van der Waals surface area contributed by atoms with E-state index in [1.807, 2.05) is 12.1 Å². The highest BCUT2D eigenvalue weighted by Gasteiger charge is 2.16. The second kappa shape index (κ2) is 6.75. The van der Waals surface area contributed by atoms with Crippen LogP contribution in [0.25, 0.3) is 0 Å². The van der Waals surface area contributed by atoms with E-state index in [0.29, 0.717) is 5.75 Å². The van der Waals surface area contributed by atoms with Crippen LogP contribution < -0.4 is 10.5 Å². The van der Waals surface area contributed by atoms with Crippen molar-refractivity contribution >= 4 is 34.2 Å². The van der Waals surface area contributed by atoms with Crippen LogP contribution in [0.1, 0.15) is 17.3 Å². The fourth-order valence-corrected chi connectivity index (χ4v) is 2.02. The molecule has 0 bridgehead atoms. The Kier molecular flexibility index (Phi) is 5.00. The van der Waals surface area contributed by atoms with Gasteiger partial charge in [-0.3, -0.25) is 0 Å². The molecule has 0 aliphatic rings. The number of hydrogen-bond acceptors (Lipinski definition) is 4. The van der Waals surface area contributed by atoms with Crippen LogP contribution in [0.2, 0.25) is 0 Å². The van der Waals surface area contributed by atoms with Crippen LogP contribution >= 0.6 is 22.6 Å². The number of halogens is 2. The smallest absolute Gasteiger partial charge is 0.340 e. The summed E-state index contributed by atoms with van der Waals surface area (Å²) in [6.45, 7) is 1.89. The SMILES string of the molecule is CCOC(=O)c1cc(Oc2ccc(I)cc2)c(F)cc1N. The van der Waals surface area contributed by atoms with Crippen LogP contribution in [-0.2, 0) is 4.74 Å².